The SMILES string of the molecule is O=C(O)C1CC2(CCN(CCCc3ccccc3)CC2)CN1C(=O)C1CC1. The number of benzene rings is 1. The smallest absolute Gasteiger partial charge is 0.326 e. The minimum Gasteiger partial charge on any atom is -0.480 e. The summed E-state index contributed by atoms with van der Waals surface area (Å²) >= 11 is 0. The summed E-state index contributed by atoms with van der Waals surface area (Å²) in [4.78, 5) is 28.5. The Morgan fingerprint density at radius 1 is 1.11 bits per heavy atom. The van der Waals surface area contributed by atoms with Crippen LogP contribution in [0.2, 0.25) is 0 Å². The van der Waals surface area contributed by atoms with E-state index in [1.54, 1.807) is 4.90 Å². The first-order chi connectivity index (χ1) is 13.1. The standard InChI is InChI=1S/C22H30N2O3/c25-20(18-8-9-18)24-16-22(15-19(24)21(26)27)10-13-23(14-11-22)12-4-7-17-5-2-1-3-6-17/h1-3,5-6,18-19H,4,7-16H2,(H,26,27). The average molecular weight is 370 g/mol. The number of hydrogen-bond acceptors (Lipinski definition) is 3. The van der Waals surface area contributed by atoms with Gasteiger partial charge in [0.05, 0.1) is 0 Å². The zero-order valence-electron chi connectivity index (χ0n) is 16.0. The summed E-state index contributed by atoms with van der Waals surface area (Å²) in [5.41, 5.74) is 1.41. The molecule has 1 amide bonds. The van der Waals surface area contributed by atoms with Gasteiger partial charge < -0.3 is 14.9 Å². The highest BCUT2D eigenvalue weighted by Gasteiger charge is 2.51. The fraction of sp³-hybridized carbons (Fsp3) is 0.636. The average Bonchev–Trinajstić information content (AvgIpc) is 3.46. The van der Waals surface area contributed by atoms with Gasteiger partial charge in [-0.15, -0.1) is 0 Å². The van der Waals surface area contributed by atoms with Crippen molar-refractivity contribution >= 4 is 11.9 Å². The van der Waals surface area contributed by atoms with Crippen LogP contribution in [0.1, 0.15) is 44.1 Å². The molecule has 1 atom stereocenters. The molecule has 1 aromatic rings. The van der Waals surface area contributed by atoms with Crippen LogP contribution in [0.3, 0.4) is 0 Å². The third-order valence-electron chi connectivity index (χ3n) is 6.70. The molecule has 1 saturated carbocycles. The van der Waals surface area contributed by atoms with Crippen LogP contribution in [0.15, 0.2) is 30.3 Å². The molecule has 1 spiro atoms. The number of amides is 1. The van der Waals surface area contributed by atoms with Crippen LogP contribution >= 0.6 is 0 Å². The summed E-state index contributed by atoms with van der Waals surface area (Å²) in [6.07, 6.45) is 6.79. The fourth-order valence-electron chi connectivity index (χ4n) is 4.84. The molecule has 5 nitrogen and oxygen atoms in total. The molecule has 0 radical (unpaired) electrons. The molecule has 1 N–H and O–H groups in total. The summed E-state index contributed by atoms with van der Waals surface area (Å²) in [7, 11) is 0. The Morgan fingerprint density at radius 3 is 2.44 bits per heavy atom. The zero-order chi connectivity index (χ0) is 18.9. The zero-order valence-corrected chi connectivity index (χ0v) is 16.0. The van der Waals surface area contributed by atoms with Crippen LogP contribution in [-0.4, -0.2) is 59.0 Å². The van der Waals surface area contributed by atoms with E-state index in [-0.39, 0.29) is 17.2 Å². The minimum atomic E-state index is -0.828. The van der Waals surface area contributed by atoms with Gasteiger partial charge in [0.2, 0.25) is 5.91 Å². The van der Waals surface area contributed by atoms with Crippen molar-refractivity contribution in [1.29, 1.82) is 0 Å². The molecule has 2 heterocycles. The third-order valence-corrected chi connectivity index (χ3v) is 6.70. The molecule has 3 fully saturated rings. The molecule has 3 aliphatic rings. The normalized spacial score (nSPS) is 25.0. The van der Waals surface area contributed by atoms with E-state index in [2.05, 4.69) is 35.2 Å². The van der Waals surface area contributed by atoms with Crippen LogP contribution in [0.25, 0.3) is 0 Å². The third kappa shape index (κ3) is 4.18. The van der Waals surface area contributed by atoms with Gasteiger partial charge in [0.15, 0.2) is 0 Å². The van der Waals surface area contributed by atoms with E-state index >= 15 is 0 Å². The van der Waals surface area contributed by atoms with Crippen LogP contribution in [0.4, 0.5) is 0 Å². The van der Waals surface area contributed by atoms with E-state index in [0.717, 1.165) is 58.2 Å². The summed E-state index contributed by atoms with van der Waals surface area (Å²) in [6.45, 7) is 3.79. The second-order valence-corrected chi connectivity index (χ2v) is 8.73. The Labute approximate surface area is 161 Å². The molecule has 146 valence electrons. The number of nitrogens with zero attached hydrogens (tertiary/aromatic N) is 2. The van der Waals surface area contributed by atoms with E-state index in [1.165, 1.54) is 5.56 Å². The molecule has 0 aromatic heterocycles. The molecule has 2 saturated heterocycles. The van der Waals surface area contributed by atoms with E-state index < -0.39 is 12.0 Å². The first kappa shape index (κ1) is 18.5. The van der Waals surface area contributed by atoms with E-state index in [9.17, 15) is 14.7 Å². The van der Waals surface area contributed by atoms with Gasteiger partial charge in [-0.25, -0.2) is 4.79 Å². The summed E-state index contributed by atoms with van der Waals surface area (Å²) in [5, 5.41) is 9.62. The molecular formula is C22H30N2O3. The minimum absolute atomic E-state index is 0.0174. The number of piperidine rings is 1. The number of carboxylic acids is 1. The highest BCUT2D eigenvalue weighted by molar-refractivity contribution is 5.87. The number of rotatable bonds is 6. The number of carbonyl (C=O) groups is 2. The predicted octanol–water partition coefficient (Wildman–Crippen LogP) is 2.80. The summed E-state index contributed by atoms with van der Waals surface area (Å²) < 4.78 is 0. The molecule has 2 aliphatic heterocycles. The Bertz CT molecular complexity index is 678. The second kappa shape index (κ2) is 7.63. The monoisotopic (exact) mass is 370 g/mol. The lowest BCUT2D eigenvalue weighted by atomic mass is 9.76. The Hall–Kier alpha value is -1.88. The van der Waals surface area contributed by atoms with Crippen molar-refractivity contribution in [1.82, 2.24) is 9.80 Å². The lowest BCUT2D eigenvalue weighted by Gasteiger charge is -2.39. The van der Waals surface area contributed by atoms with Gasteiger partial charge in [-0.1, -0.05) is 30.3 Å². The number of hydrogen-bond donors (Lipinski definition) is 1. The van der Waals surface area contributed by atoms with Gasteiger partial charge in [-0.2, -0.15) is 0 Å². The van der Waals surface area contributed by atoms with Crippen LogP contribution in [0, 0.1) is 11.3 Å². The lowest BCUT2D eigenvalue weighted by Crippen LogP contribution is -2.43. The van der Waals surface area contributed by atoms with E-state index in [4.69, 9.17) is 0 Å². The Kier molecular flexibility index (Phi) is 5.22. The van der Waals surface area contributed by atoms with Crippen LogP contribution in [-0.2, 0) is 16.0 Å². The molecule has 0 bridgehead atoms. The Morgan fingerprint density at radius 2 is 1.81 bits per heavy atom. The molecule has 4 rings (SSSR count). The maximum Gasteiger partial charge on any atom is 0.326 e. The summed E-state index contributed by atoms with van der Waals surface area (Å²) in [6, 6.07) is 9.99. The maximum absolute atomic E-state index is 12.5. The molecule has 1 unspecified atom stereocenters. The quantitative estimate of drug-likeness (QED) is 0.836. The van der Waals surface area contributed by atoms with E-state index in [1.807, 2.05) is 0 Å². The second-order valence-electron chi connectivity index (χ2n) is 8.73. The largest absolute Gasteiger partial charge is 0.480 e. The van der Waals surface area contributed by atoms with Gasteiger partial charge in [0.25, 0.3) is 0 Å². The molecule has 1 aromatic carbocycles. The highest BCUT2D eigenvalue weighted by Crippen LogP contribution is 2.45. The predicted molar refractivity (Wildman–Crippen MR) is 103 cm³/mol. The van der Waals surface area contributed by atoms with Crippen molar-refractivity contribution in [3.05, 3.63) is 35.9 Å². The number of likely N-dealkylation sites (tertiary alicyclic amines) is 2. The van der Waals surface area contributed by atoms with Crippen molar-refractivity contribution in [3.8, 4) is 0 Å². The van der Waals surface area contributed by atoms with Crippen molar-refractivity contribution in [2.75, 3.05) is 26.2 Å². The van der Waals surface area contributed by atoms with Crippen LogP contribution in [0.5, 0.6) is 0 Å². The van der Waals surface area contributed by atoms with Gasteiger partial charge >= 0.3 is 5.97 Å². The Balaban J connectivity index is 1.28. The molecular weight excluding hydrogens is 340 g/mol. The molecule has 5 heteroatoms. The molecule has 1 aliphatic carbocycles. The topological polar surface area (TPSA) is 60.9 Å². The van der Waals surface area contributed by atoms with Gasteiger partial charge in [0, 0.05) is 12.5 Å². The fourth-order valence-corrected chi connectivity index (χ4v) is 4.84. The van der Waals surface area contributed by atoms with Crippen molar-refractivity contribution in [2.45, 2.75) is 51.0 Å². The number of carboxylic acid groups (broad SMARTS) is 1. The lowest BCUT2D eigenvalue weighted by molar-refractivity contribution is -0.148. The first-order valence-electron chi connectivity index (χ1n) is 10.4. The highest BCUT2D eigenvalue weighted by atomic mass is 16.4. The van der Waals surface area contributed by atoms with Crippen molar-refractivity contribution in [3.63, 3.8) is 0 Å². The van der Waals surface area contributed by atoms with Gasteiger partial charge in [0.1, 0.15) is 6.04 Å². The maximum atomic E-state index is 12.5. The van der Waals surface area contributed by atoms with Gasteiger partial charge in [-0.05, 0) is 75.6 Å². The number of aryl methyl sites for hydroxylation is 1. The van der Waals surface area contributed by atoms with Crippen molar-refractivity contribution in [2.24, 2.45) is 11.3 Å². The van der Waals surface area contributed by atoms with Crippen molar-refractivity contribution < 1.29 is 14.7 Å². The van der Waals surface area contributed by atoms with Gasteiger partial charge in [-0.3, -0.25) is 4.79 Å². The first-order valence-corrected chi connectivity index (χ1v) is 10.4. The molecule has 27 heavy (non-hydrogen) atoms. The van der Waals surface area contributed by atoms with E-state index in [0.29, 0.717) is 13.0 Å². The van der Waals surface area contributed by atoms with Crippen LogP contribution < -0.4 is 0 Å². The number of aliphatic carboxylic acids is 1. The number of carbonyl (C=O) groups excluding carboxylic acids is 1. The summed E-state index contributed by atoms with van der Waals surface area (Å²) in [5.74, 6) is -0.643.